The predicted octanol–water partition coefficient (Wildman–Crippen LogP) is 6.12. The number of fused-ring (bicyclic) bond motifs is 1. The van der Waals surface area contributed by atoms with Crippen molar-refractivity contribution in [2.45, 2.75) is 6.92 Å². The summed E-state index contributed by atoms with van der Waals surface area (Å²) in [5.74, 6) is -0.158. The first-order chi connectivity index (χ1) is 13.1. The van der Waals surface area contributed by atoms with E-state index in [4.69, 9.17) is 16.6 Å². The van der Waals surface area contributed by atoms with Gasteiger partial charge in [-0.15, -0.1) is 0 Å². The lowest BCUT2D eigenvalue weighted by Gasteiger charge is -2.11. The Morgan fingerprint density at radius 3 is 2.48 bits per heavy atom. The monoisotopic (exact) mass is 372 g/mol. The van der Waals surface area contributed by atoms with Crippen LogP contribution in [0, 0.1) is 6.92 Å². The van der Waals surface area contributed by atoms with E-state index in [9.17, 15) is 4.79 Å². The molecule has 0 aliphatic heterocycles. The van der Waals surface area contributed by atoms with Gasteiger partial charge in [0.1, 0.15) is 0 Å². The molecular weight excluding hydrogens is 356 g/mol. The average molecular weight is 373 g/mol. The summed E-state index contributed by atoms with van der Waals surface area (Å²) in [4.78, 5) is 17.7. The van der Waals surface area contributed by atoms with Gasteiger partial charge in [0.25, 0.3) is 5.91 Å². The molecule has 132 valence electrons. The van der Waals surface area contributed by atoms with E-state index in [-0.39, 0.29) is 5.91 Å². The number of pyridine rings is 1. The zero-order valence-electron chi connectivity index (χ0n) is 14.7. The third-order valence-electron chi connectivity index (χ3n) is 4.38. The quantitative estimate of drug-likeness (QED) is 0.471. The molecule has 0 spiro atoms. The van der Waals surface area contributed by atoms with E-state index in [2.05, 4.69) is 5.32 Å². The van der Waals surface area contributed by atoms with Crippen LogP contribution in [0.1, 0.15) is 15.9 Å². The molecule has 3 aromatic carbocycles. The number of hydrogen-bond acceptors (Lipinski definition) is 2. The number of nitrogens with one attached hydrogen (secondary N) is 1. The van der Waals surface area contributed by atoms with Crippen LogP contribution >= 0.6 is 11.6 Å². The van der Waals surface area contributed by atoms with Crippen LogP contribution in [-0.2, 0) is 0 Å². The molecule has 0 atom stereocenters. The predicted molar refractivity (Wildman–Crippen MR) is 111 cm³/mol. The van der Waals surface area contributed by atoms with Gasteiger partial charge in [0.05, 0.1) is 16.8 Å². The minimum absolute atomic E-state index is 0.158. The molecule has 0 aliphatic rings. The number of carbonyl (C=O) groups excluding carboxylic acids is 1. The molecular formula is C23H17ClN2O. The molecule has 0 bridgehead atoms. The lowest BCUT2D eigenvalue weighted by atomic mass is 10.0. The molecule has 0 aliphatic carbocycles. The summed E-state index contributed by atoms with van der Waals surface area (Å²) in [5.41, 5.74) is 4.88. The Bertz CT molecular complexity index is 1140. The highest BCUT2D eigenvalue weighted by molar-refractivity contribution is 6.30. The molecule has 4 rings (SSSR count). The van der Waals surface area contributed by atoms with Crippen molar-refractivity contribution in [3.05, 3.63) is 95.0 Å². The van der Waals surface area contributed by atoms with E-state index in [1.807, 2.05) is 85.8 Å². The topological polar surface area (TPSA) is 42.0 Å². The van der Waals surface area contributed by atoms with Crippen molar-refractivity contribution < 1.29 is 4.79 Å². The summed E-state index contributed by atoms with van der Waals surface area (Å²) in [6.45, 7) is 2.00. The Kier molecular flexibility index (Phi) is 4.61. The van der Waals surface area contributed by atoms with Gasteiger partial charge in [-0.2, -0.15) is 0 Å². The van der Waals surface area contributed by atoms with Crippen LogP contribution in [0.3, 0.4) is 0 Å². The van der Waals surface area contributed by atoms with E-state index in [1.165, 1.54) is 0 Å². The molecule has 3 nitrogen and oxygen atoms in total. The van der Waals surface area contributed by atoms with E-state index in [1.54, 1.807) is 0 Å². The number of halogens is 1. The van der Waals surface area contributed by atoms with Crippen LogP contribution in [0.15, 0.2) is 78.9 Å². The largest absolute Gasteiger partial charge is 0.322 e. The lowest BCUT2D eigenvalue weighted by Crippen LogP contribution is -2.13. The minimum atomic E-state index is -0.158. The number of carbonyl (C=O) groups is 1. The fourth-order valence-corrected chi connectivity index (χ4v) is 3.18. The van der Waals surface area contributed by atoms with Gasteiger partial charge in [-0.3, -0.25) is 4.79 Å². The molecule has 0 saturated carbocycles. The van der Waals surface area contributed by atoms with Crippen molar-refractivity contribution in [1.29, 1.82) is 0 Å². The summed E-state index contributed by atoms with van der Waals surface area (Å²) in [7, 11) is 0. The smallest absolute Gasteiger partial charge is 0.256 e. The van der Waals surface area contributed by atoms with Crippen LogP contribution < -0.4 is 5.32 Å². The normalized spacial score (nSPS) is 10.7. The second kappa shape index (κ2) is 7.22. The third kappa shape index (κ3) is 3.69. The van der Waals surface area contributed by atoms with Crippen molar-refractivity contribution in [1.82, 2.24) is 4.98 Å². The number of para-hydroxylation sites is 1. The molecule has 1 N–H and O–H groups in total. The zero-order valence-corrected chi connectivity index (χ0v) is 15.5. The van der Waals surface area contributed by atoms with E-state index >= 15 is 0 Å². The Balaban J connectivity index is 1.80. The van der Waals surface area contributed by atoms with Gasteiger partial charge in [-0.25, -0.2) is 4.98 Å². The van der Waals surface area contributed by atoms with Gasteiger partial charge in [-0.1, -0.05) is 54.1 Å². The molecule has 27 heavy (non-hydrogen) atoms. The highest BCUT2D eigenvalue weighted by Crippen LogP contribution is 2.26. The van der Waals surface area contributed by atoms with Crippen LogP contribution in [0.5, 0.6) is 0 Å². The number of amides is 1. The van der Waals surface area contributed by atoms with Gasteiger partial charge < -0.3 is 5.32 Å². The number of aromatic nitrogens is 1. The summed E-state index contributed by atoms with van der Waals surface area (Å²) in [6, 6.07) is 24.7. The van der Waals surface area contributed by atoms with E-state index in [0.29, 0.717) is 10.6 Å². The van der Waals surface area contributed by atoms with Gasteiger partial charge >= 0.3 is 0 Å². The maximum Gasteiger partial charge on any atom is 0.256 e. The standard InChI is InChI=1S/C23H17ClN2O/c1-15-5-4-6-18(13-15)25-23(27)20-14-22(16-9-11-17(24)12-10-16)26-21-8-3-2-7-19(20)21/h2-14H,1H3,(H,25,27). The molecule has 0 radical (unpaired) electrons. The van der Waals surface area contributed by atoms with E-state index < -0.39 is 0 Å². The molecule has 1 amide bonds. The van der Waals surface area contributed by atoms with Gasteiger partial charge in [0.15, 0.2) is 0 Å². The summed E-state index contributed by atoms with van der Waals surface area (Å²) < 4.78 is 0. The average Bonchev–Trinajstić information content (AvgIpc) is 2.67. The first-order valence-electron chi connectivity index (χ1n) is 8.64. The van der Waals surface area contributed by atoms with Crippen molar-refractivity contribution in [2.75, 3.05) is 5.32 Å². The Morgan fingerprint density at radius 2 is 1.70 bits per heavy atom. The first-order valence-corrected chi connectivity index (χ1v) is 9.02. The molecule has 4 aromatic rings. The third-order valence-corrected chi connectivity index (χ3v) is 4.63. The summed E-state index contributed by atoms with van der Waals surface area (Å²) >= 11 is 5.99. The van der Waals surface area contributed by atoms with Crippen LogP contribution in [-0.4, -0.2) is 10.9 Å². The van der Waals surface area contributed by atoms with Crippen molar-refractivity contribution in [3.63, 3.8) is 0 Å². The van der Waals surface area contributed by atoms with Crippen molar-refractivity contribution in [3.8, 4) is 11.3 Å². The van der Waals surface area contributed by atoms with Crippen LogP contribution in [0.25, 0.3) is 22.2 Å². The Morgan fingerprint density at radius 1 is 0.926 bits per heavy atom. The Hall–Kier alpha value is -3.17. The number of benzene rings is 3. The van der Waals surface area contributed by atoms with E-state index in [0.717, 1.165) is 33.4 Å². The van der Waals surface area contributed by atoms with Gasteiger partial charge in [-0.05, 0) is 48.9 Å². The zero-order chi connectivity index (χ0) is 18.8. The molecule has 0 unspecified atom stereocenters. The maximum absolute atomic E-state index is 13.0. The fraction of sp³-hybridized carbons (Fsp3) is 0.0435. The SMILES string of the molecule is Cc1cccc(NC(=O)c2cc(-c3ccc(Cl)cc3)nc3ccccc23)c1. The lowest BCUT2D eigenvalue weighted by molar-refractivity contribution is 0.102. The summed E-state index contributed by atoms with van der Waals surface area (Å²) in [5, 5.41) is 4.47. The summed E-state index contributed by atoms with van der Waals surface area (Å²) in [6.07, 6.45) is 0. The number of aryl methyl sites for hydroxylation is 1. The van der Waals surface area contributed by atoms with Crippen molar-refractivity contribution in [2.24, 2.45) is 0 Å². The number of nitrogens with zero attached hydrogens (tertiary/aromatic N) is 1. The molecule has 0 fully saturated rings. The fourth-order valence-electron chi connectivity index (χ4n) is 3.05. The second-order valence-electron chi connectivity index (χ2n) is 6.40. The van der Waals surface area contributed by atoms with Gasteiger partial charge in [0, 0.05) is 21.7 Å². The number of rotatable bonds is 3. The second-order valence-corrected chi connectivity index (χ2v) is 6.84. The highest BCUT2D eigenvalue weighted by atomic mass is 35.5. The number of hydrogen-bond donors (Lipinski definition) is 1. The maximum atomic E-state index is 13.0. The highest BCUT2D eigenvalue weighted by Gasteiger charge is 2.14. The first kappa shape index (κ1) is 17.3. The minimum Gasteiger partial charge on any atom is -0.322 e. The molecule has 4 heteroatoms. The van der Waals surface area contributed by atoms with Crippen molar-refractivity contribution >= 4 is 34.1 Å². The van der Waals surface area contributed by atoms with Crippen LogP contribution in [0.4, 0.5) is 5.69 Å². The molecule has 1 aromatic heterocycles. The number of anilines is 1. The molecule has 0 saturated heterocycles. The molecule has 1 heterocycles. The van der Waals surface area contributed by atoms with Gasteiger partial charge in [0.2, 0.25) is 0 Å². The Labute approximate surface area is 162 Å². The van der Waals surface area contributed by atoms with Crippen LogP contribution in [0.2, 0.25) is 5.02 Å².